The second kappa shape index (κ2) is 7.26. The van der Waals surface area contributed by atoms with Crippen LogP contribution >= 0.6 is 7.60 Å². The summed E-state index contributed by atoms with van der Waals surface area (Å²) < 4.78 is 63.7. The number of nitrogens with two attached hydrogens (primary N) is 1. The molecule has 21 heavy (non-hydrogen) atoms. The summed E-state index contributed by atoms with van der Waals surface area (Å²) in [5.41, 5.74) is 5.71. The molecular formula is C12H17F3NO4P. The van der Waals surface area contributed by atoms with Crippen LogP contribution in [0.4, 0.5) is 13.2 Å². The maximum absolute atomic E-state index is 12.5. The third kappa shape index (κ3) is 5.00. The van der Waals surface area contributed by atoms with Crippen molar-refractivity contribution in [1.29, 1.82) is 0 Å². The van der Waals surface area contributed by atoms with Crippen LogP contribution in [0.15, 0.2) is 24.3 Å². The van der Waals surface area contributed by atoms with E-state index < -0.39 is 25.5 Å². The third-order valence-electron chi connectivity index (χ3n) is 2.42. The minimum atomic E-state index is -4.88. The van der Waals surface area contributed by atoms with Gasteiger partial charge in [0.2, 0.25) is 0 Å². The fourth-order valence-electron chi connectivity index (χ4n) is 1.67. The summed E-state index contributed by atoms with van der Waals surface area (Å²) in [6, 6.07) is 5.19. The average molecular weight is 327 g/mol. The molecule has 1 atom stereocenters. The molecule has 0 aliphatic carbocycles. The second-order valence-corrected chi connectivity index (χ2v) is 6.06. The first-order valence-electron chi connectivity index (χ1n) is 6.22. The van der Waals surface area contributed by atoms with Crippen molar-refractivity contribution in [3.8, 4) is 5.75 Å². The molecule has 9 heteroatoms. The van der Waals surface area contributed by atoms with Crippen LogP contribution in [0.3, 0.4) is 0 Å². The Morgan fingerprint density at radius 1 is 1.19 bits per heavy atom. The van der Waals surface area contributed by atoms with E-state index in [4.69, 9.17) is 14.8 Å². The molecule has 1 rings (SSSR count). The van der Waals surface area contributed by atoms with Crippen LogP contribution in [0.2, 0.25) is 0 Å². The van der Waals surface area contributed by atoms with E-state index in [0.717, 1.165) is 6.07 Å². The smallest absolute Gasteiger partial charge is 0.405 e. The first-order valence-corrected chi connectivity index (χ1v) is 7.83. The number of alkyl halides is 3. The molecule has 0 aliphatic heterocycles. The highest BCUT2D eigenvalue weighted by Crippen LogP contribution is 2.59. The van der Waals surface area contributed by atoms with Gasteiger partial charge in [-0.2, -0.15) is 0 Å². The van der Waals surface area contributed by atoms with Crippen molar-refractivity contribution < 1.29 is 31.5 Å². The fraction of sp³-hybridized carbons (Fsp3) is 0.500. The molecule has 0 heterocycles. The maximum Gasteiger partial charge on any atom is 0.573 e. The van der Waals surface area contributed by atoms with Crippen molar-refractivity contribution in [1.82, 2.24) is 0 Å². The zero-order chi connectivity index (χ0) is 16.1. The van der Waals surface area contributed by atoms with E-state index in [1.54, 1.807) is 13.8 Å². The number of para-hydroxylation sites is 1. The molecule has 5 nitrogen and oxygen atoms in total. The highest BCUT2D eigenvalue weighted by Gasteiger charge is 2.38. The normalized spacial score (nSPS) is 14.0. The molecule has 0 amide bonds. The highest BCUT2D eigenvalue weighted by molar-refractivity contribution is 7.54. The molecule has 2 N–H and O–H groups in total. The summed E-state index contributed by atoms with van der Waals surface area (Å²) in [5, 5.41) is 0. The van der Waals surface area contributed by atoms with Gasteiger partial charge in [-0.1, -0.05) is 18.2 Å². The lowest BCUT2D eigenvalue weighted by molar-refractivity contribution is -0.274. The zero-order valence-electron chi connectivity index (χ0n) is 11.6. The van der Waals surface area contributed by atoms with Gasteiger partial charge >= 0.3 is 14.0 Å². The number of ether oxygens (including phenoxy) is 1. The Kier molecular flexibility index (Phi) is 6.22. The van der Waals surface area contributed by atoms with Gasteiger partial charge in [-0.3, -0.25) is 4.57 Å². The summed E-state index contributed by atoms with van der Waals surface area (Å²) in [7, 11) is -3.79. The van der Waals surface area contributed by atoms with E-state index >= 15 is 0 Å². The van der Waals surface area contributed by atoms with Gasteiger partial charge < -0.3 is 19.5 Å². The Morgan fingerprint density at radius 2 is 1.71 bits per heavy atom. The Morgan fingerprint density at radius 3 is 2.19 bits per heavy atom. The highest BCUT2D eigenvalue weighted by atomic mass is 31.2. The molecule has 0 saturated carbocycles. The minimum absolute atomic E-state index is 0.0489. The number of benzene rings is 1. The summed E-state index contributed by atoms with van der Waals surface area (Å²) >= 11 is 0. The van der Waals surface area contributed by atoms with Crippen LogP contribution < -0.4 is 10.5 Å². The number of hydrogen-bond acceptors (Lipinski definition) is 5. The lowest BCUT2D eigenvalue weighted by Crippen LogP contribution is -2.21. The molecule has 0 unspecified atom stereocenters. The summed E-state index contributed by atoms with van der Waals surface area (Å²) in [6.45, 7) is 3.26. The maximum atomic E-state index is 12.5. The Hall–Kier alpha value is -1.08. The predicted octanol–water partition coefficient (Wildman–Crippen LogP) is 3.81. The van der Waals surface area contributed by atoms with E-state index in [2.05, 4.69) is 4.74 Å². The van der Waals surface area contributed by atoms with Crippen molar-refractivity contribution in [2.75, 3.05) is 13.2 Å². The summed E-state index contributed by atoms with van der Waals surface area (Å²) in [4.78, 5) is 0. The van der Waals surface area contributed by atoms with Gasteiger partial charge in [0.05, 0.1) is 13.2 Å². The van der Waals surface area contributed by atoms with Gasteiger partial charge in [0, 0.05) is 5.56 Å². The van der Waals surface area contributed by atoms with Crippen molar-refractivity contribution in [3.63, 3.8) is 0 Å². The quantitative estimate of drug-likeness (QED) is 0.771. The van der Waals surface area contributed by atoms with Crippen molar-refractivity contribution in [2.45, 2.75) is 26.0 Å². The van der Waals surface area contributed by atoms with Gasteiger partial charge in [-0.15, -0.1) is 13.2 Å². The average Bonchev–Trinajstić information content (AvgIpc) is 2.37. The van der Waals surface area contributed by atoms with Crippen molar-refractivity contribution >= 4 is 7.60 Å². The number of rotatable bonds is 7. The lowest BCUT2D eigenvalue weighted by Gasteiger charge is -2.25. The molecule has 1 aromatic rings. The molecule has 0 fully saturated rings. The SMILES string of the molecule is CCOP(=O)(OCC)[C@H](N)c1ccccc1OC(F)(F)F. The largest absolute Gasteiger partial charge is 0.573 e. The standard InChI is InChI=1S/C12H17F3NO4P/c1-3-18-21(17,19-4-2)11(16)9-7-5-6-8-10(9)20-12(13,14)15/h5-8,11H,3-4,16H2,1-2H3/t11-/m0/s1. The predicted molar refractivity (Wildman–Crippen MR) is 70.9 cm³/mol. The van der Waals surface area contributed by atoms with Crippen LogP contribution in [0.1, 0.15) is 25.2 Å². The van der Waals surface area contributed by atoms with Crippen LogP contribution in [-0.2, 0) is 13.6 Å². The van der Waals surface area contributed by atoms with Gasteiger partial charge in [-0.05, 0) is 19.9 Å². The first kappa shape index (κ1) is 18.0. The lowest BCUT2D eigenvalue weighted by atomic mass is 10.2. The number of halogens is 3. The van der Waals surface area contributed by atoms with Crippen molar-refractivity contribution in [3.05, 3.63) is 29.8 Å². The molecule has 0 saturated heterocycles. The van der Waals surface area contributed by atoms with Crippen LogP contribution in [0, 0.1) is 0 Å². The van der Waals surface area contributed by atoms with Crippen LogP contribution in [0.25, 0.3) is 0 Å². The summed E-state index contributed by atoms with van der Waals surface area (Å²) in [6.07, 6.45) is -4.88. The van der Waals surface area contributed by atoms with E-state index in [1.165, 1.54) is 18.2 Å². The van der Waals surface area contributed by atoms with Gasteiger partial charge in [-0.25, -0.2) is 0 Å². The molecule has 0 radical (unpaired) electrons. The molecule has 1 aromatic carbocycles. The fourth-order valence-corrected chi connectivity index (χ4v) is 3.34. The molecule has 0 aliphatic rings. The van der Waals surface area contributed by atoms with Crippen LogP contribution in [0.5, 0.6) is 5.75 Å². The topological polar surface area (TPSA) is 70.8 Å². The third-order valence-corrected chi connectivity index (χ3v) is 4.62. The Balaban J connectivity index is 3.16. The van der Waals surface area contributed by atoms with E-state index in [0.29, 0.717) is 0 Å². The van der Waals surface area contributed by atoms with Gasteiger partial charge in [0.15, 0.2) is 0 Å². The molecule has 0 spiro atoms. The minimum Gasteiger partial charge on any atom is -0.405 e. The Labute approximate surface area is 120 Å². The van der Waals surface area contributed by atoms with E-state index in [9.17, 15) is 17.7 Å². The summed E-state index contributed by atoms with van der Waals surface area (Å²) in [5.74, 6) is -1.91. The number of hydrogen-bond donors (Lipinski definition) is 1. The zero-order valence-corrected chi connectivity index (χ0v) is 12.5. The first-order chi connectivity index (χ1) is 9.73. The Bertz CT molecular complexity index is 500. The molecule has 0 bridgehead atoms. The van der Waals surface area contributed by atoms with E-state index in [-0.39, 0.29) is 18.8 Å². The molecule has 120 valence electrons. The van der Waals surface area contributed by atoms with Crippen LogP contribution in [-0.4, -0.2) is 19.6 Å². The van der Waals surface area contributed by atoms with E-state index in [1.807, 2.05) is 0 Å². The molecule has 0 aromatic heterocycles. The van der Waals surface area contributed by atoms with Gasteiger partial charge in [0.25, 0.3) is 0 Å². The van der Waals surface area contributed by atoms with Crippen molar-refractivity contribution in [2.24, 2.45) is 5.73 Å². The molecular weight excluding hydrogens is 310 g/mol. The van der Waals surface area contributed by atoms with Gasteiger partial charge in [0.1, 0.15) is 11.5 Å². The second-order valence-electron chi connectivity index (χ2n) is 3.91. The monoisotopic (exact) mass is 327 g/mol.